The molecular weight excluding hydrogens is 318 g/mol. The van der Waals surface area contributed by atoms with Crippen molar-refractivity contribution in [2.45, 2.75) is 25.7 Å². The summed E-state index contributed by atoms with van der Waals surface area (Å²) in [7, 11) is 0. The third-order valence-corrected chi connectivity index (χ3v) is 5.24. The van der Waals surface area contributed by atoms with Crippen LogP contribution in [0.4, 0.5) is 0 Å². The minimum atomic E-state index is 0.122. The van der Waals surface area contributed by atoms with E-state index in [1.54, 1.807) is 6.20 Å². The molecule has 0 atom stereocenters. The number of ether oxygens (including phenoxy) is 2. The molecule has 2 aliphatic rings. The molecule has 2 fully saturated rings. The van der Waals surface area contributed by atoms with Gasteiger partial charge in [-0.1, -0.05) is 6.07 Å². The van der Waals surface area contributed by atoms with E-state index in [1.165, 1.54) is 0 Å². The van der Waals surface area contributed by atoms with Crippen LogP contribution in [0.2, 0.25) is 0 Å². The molecule has 1 N–H and O–H groups in total. The first-order valence-electron chi connectivity index (χ1n) is 9.29. The Morgan fingerprint density at radius 2 is 1.96 bits per heavy atom. The van der Waals surface area contributed by atoms with Gasteiger partial charge in [0.2, 0.25) is 5.91 Å². The number of rotatable bonds is 7. The van der Waals surface area contributed by atoms with Crippen LogP contribution < -0.4 is 5.32 Å². The lowest BCUT2D eigenvalue weighted by molar-refractivity contribution is -0.122. The SMILES string of the molecule is O=C(CCc1cccnc1)NCC1(CN2CCOCC2)CCOCC1. The standard InChI is InChI=1S/C19H29N3O3/c23-18(4-3-17-2-1-7-20-14-17)21-15-19(5-10-24-11-6-19)16-22-8-12-25-13-9-22/h1-2,7,14H,3-6,8-13,15-16H2,(H,21,23). The van der Waals surface area contributed by atoms with Crippen molar-refractivity contribution in [3.05, 3.63) is 30.1 Å². The summed E-state index contributed by atoms with van der Waals surface area (Å²) in [6, 6.07) is 3.92. The Balaban J connectivity index is 1.48. The van der Waals surface area contributed by atoms with E-state index in [0.29, 0.717) is 6.42 Å². The normalized spacial score (nSPS) is 21.0. The molecule has 138 valence electrons. The van der Waals surface area contributed by atoms with Crippen LogP contribution in [0.15, 0.2) is 24.5 Å². The first kappa shape index (κ1) is 18.3. The molecule has 25 heavy (non-hydrogen) atoms. The number of nitrogens with zero attached hydrogens (tertiary/aromatic N) is 2. The van der Waals surface area contributed by atoms with Gasteiger partial charge in [0.05, 0.1) is 13.2 Å². The molecule has 3 heterocycles. The average Bonchev–Trinajstić information content (AvgIpc) is 2.67. The van der Waals surface area contributed by atoms with Gasteiger partial charge >= 0.3 is 0 Å². The molecule has 0 saturated carbocycles. The summed E-state index contributed by atoms with van der Waals surface area (Å²) in [6.07, 6.45) is 6.84. The van der Waals surface area contributed by atoms with Crippen LogP contribution >= 0.6 is 0 Å². The third-order valence-electron chi connectivity index (χ3n) is 5.24. The minimum absolute atomic E-state index is 0.122. The second-order valence-electron chi connectivity index (χ2n) is 7.14. The number of pyridine rings is 1. The van der Waals surface area contributed by atoms with Gasteiger partial charge in [-0.25, -0.2) is 0 Å². The number of morpholine rings is 1. The topological polar surface area (TPSA) is 63.7 Å². The number of hydrogen-bond donors (Lipinski definition) is 1. The summed E-state index contributed by atoms with van der Waals surface area (Å²) in [5.41, 5.74) is 1.23. The van der Waals surface area contributed by atoms with E-state index >= 15 is 0 Å². The molecule has 3 rings (SSSR count). The predicted molar refractivity (Wildman–Crippen MR) is 95.3 cm³/mol. The van der Waals surface area contributed by atoms with E-state index in [1.807, 2.05) is 18.3 Å². The molecule has 2 aliphatic heterocycles. The summed E-state index contributed by atoms with van der Waals surface area (Å²) >= 11 is 0. The van der Waals surface area contributed by atoms with Crippen LogP contribution in [-0.4, -0.2) is 68.4 Å². The fourth-order valence-electron chi connectivity index (χ4n) is 3.61. The van der Waals surface area contributed by atoms with Crippen LogP contribution in [-0.2, 0) is 20.7 Å². The van der Waals surface area contributed by atoms with Gasteiger partial charge in [0.1, 0.15) is 0 Å². The molecule has 2 saturated heterocycles. The molecule has 0 spiro atoms. The molecule has 1 aromatic heterocycles. The maximum absolute atomic E-state index is 12.3. The number of nitrogens with one attached hydrogen (secondary N) is 1. The zero-order valence-corrected chi connectivity index (χ0v) is 14.9. The van der Waals surface area contributed by atoms with Gasteiger partial charge < -0.3 is 14.8 Å². The smallest absolute Gasteiger partial charge is 0.220 e. The van der Waals surface area contributed by atoms with Gasteiger partial charge in [-0.15, -0.1) is 0 Å². The quantitative estimate of drug-likeness (QED) is 0.804. The Bertz CT molecular complexity index is 526. The van der Waals surface area contributed by atoms with Crippen molar-refractivity contribution in [2.24, 2.45) is 5.41 Å². The lowest BCUT2D eigenvalue weighted by atomic mass is 9.79. The van der Waals surface area contributed by atoms with Gasteiger partial charge in [0, 0.05) is 63.6 Å². The molecule has 0 bridgehead atoms. The average molecular weight is 347 g/mol. The van der Waals surface area contributed by atoms with Gasteiger partial charge in [-0.2, -0.15) is 0 Å². The number of carbonyl (C=O) groups is 1. The predicted octanol–water partition coefficient (Wildman–Crippen LogP) is 1.26. The van der Waals surface area contributed by atoms with Gasteiger partial charge in [0.25, 0.3) is 0 Å². The Labute approximate surface area is 149 Å². The Hall–Kier alpha value is -1.50. The summed E-state index contributed by atoms with van der Waals surface area (Å²) in [4.78, 5) is 18.9. The summed E-state index contributed by atoms with van der Waals surface area (Å²) in [5, 5.41) is 3.18. The van der Waals surface area contributed by atoms with Crippen molar-refractivity contribution < 1.29 is 14.3 Å². The fourth-order valence-corrected chi connectivity index (χ4v) is 3.61. The fraction of sp³-hybridized carbons (Fsp3) is 0.684. The van der Waals surface area contributed by atoms with Crippen molar-refractivity contribution in [3.8, 4) is 0 Å². The second-order valence-corrected chi connectivity index (χ2v) is 7.14. The van der Waals surface area contributed by atoms with Crippen LogP contribution in [0.5, 0.6) is 0 Å². The number of carbonyl (C=O) groups excluding carboxylic acids is 1. The molecule has 0 unspecified atom stereocenters. The van der Waals surface area contributed by atoms with E-state index < -0.39 is 0 Å². The first-order chi connectivity index (χ1) is 12.3. The zero-order valence-electron chi connectivity index (χ0n) is 14.9. The van der Waals surface area contributed by atoms with Crippen molar-refractivity contribution >= 4 is 5.91 Å². The maximum Gasteiger partial charge on any atom is 0.220 e. The molecule has 6 nitrogen and oxygen atoms in total. The molecular formula is C19H29N3O3. The van der Waals surface area contributed by atoms with Gasteiger partial charge in [-0.05, 0) is 30.9 Å². The number of amides is 1. The molecule has 0 aliphatic carbocycles. The number of hydrogen-bond acceptors (Lipinski definition) is 5. The Kier molecular flexibility index (Phi) is 6.78. The van der Waals surface area contributed by atoms with Crippen LogP contribution in [0.25, 0.3) is 0 Å². The Morgan fingerprint density at radius 1 is 1.20 bits per heavy atom. The number of aromatic nitrogens is 1. The third kappa shape index (κ3) is 5.76. The number of aryl methyl sites for hydroxylation is 1. The highest BCUT2D eigenvalue weighted by Gasteiger charge is 2.35. The minimum Gasteiger partial charge on any atom is -0.381 e. The van der Waals surface area contributed by atoms with Crippen LogP contribution in [0, 0.1) is 5.41 Å². The van der Waals surface area contributed by atoms with Gasteiger partial charge in [0.15, 0.2) is 0 Å². The first-order valence-corrected chi connectivity index (χ1v) is 9.29. The second kappa shape index (κ2) is 9.27. The molecule has 1 aromatic rings. The summed E-state index contributed by atoms with van der Waals surface area (Å²) in [5.74, 6) is 0.122. The highest BCUT2D eigenvalue weighted by atomic mass is 16.5. The highest BCUT2D eigenvalue weighted by molar-refractivity contribution is 5.76. The lowest BCUT2D eigenvalue weighted by Crippen LogP contribution is -2.50. The van der Waals surface area contributed by atoms with Crippen molar-refractivity contribution in [3.63, 3.8) is 0 Å². The molecule has 0 aromatic carbocycles. The monoisotopic (exact) mass is 347 g/mol. The molecule has 6 heteroatoms. The molecule has 1 amide bonds. The largest absolute Gasteiger partial charge is 0.381 e. The van der Waals surface area contributed by atoms with E-state index in [-0.39, 0.29) is 11.3 Å². The van der Waals surface area contributed by atoms with E-state index in [2.05, 4.69) is 15.2 Å². The molecule has 0 radical (unpaired) electrons. The van der Waals surface area contributed by atoms with E-state index in [4.69, 9.17) is 9.47 Å². The van der Waals surface area contributed by atoms with Crippen LogP contribution in [0.1, 0.15) is 24.8 Å². The van der Waals surface area contributed by atoms with Crippen molar-refractivity contribution in [1.29, 1.82) is 0 Å². The van der Waals surface area contributed by atoms with E-state index in [0.717, 1.165) is 77.4 Å². The van der Waals surface area contributed by atoms with Crippen LogP contribution in [0.3, 0.4) is 0 Å². The highest BCUT2D eigenvalue weighted by Crippen LogP contribution is 2.31. The zero-order chi connectivity index (χ0) is 17.4. The van der Waals surface area contributed by atoms with E-state index in [9.17, 15) is 4.79 Å². The summed E-state index contributed by atoms with van der Waals surface area (Å²) < 4.78 is 11.0. The summed E-state index contributed by atoms with van der Waals surface area (Å²) in [6.45, 7) is 6.91. The van der Waals surface area contributed by atoms with Crippen molar-refractivity contribution in [2.75, 3.05) is 52.6 Å². The van der Waals surface area contributed by atoms with Gasteiger partial charge in [-0.3, -0.25) is 14.7 Å². The maximum atomic E-state index is 12.3. The lowest BCUT2D eigenvalue weighted by Gasteiger charge is -2.42. The van der Waals surface area contributed by atoms with Crippen molar-refractivity contribution in [1.82, 2.24) is 15.2 Å². The Morgan fingerprint density at radius 3 is 2.68 bits per heavy atom.